The highest BCUT2D eigenvalue weighted by Gasteiger charge is 2.24. The Hall–Kier alpha value is -2.82. The summed E-state index contributed by atoms with van der Waals surface area (Å²) in [7, 11) is 1.29. The molecule has 0 unspecified atom stereocenters. The first-order valence-electron chi connectivity index (χ1n) is 8.88. The quantitative estimate of drug-likeness (QED) is 0.328. The van der Waals surface area contributed by atoms with E-state index in [9.17, 15) is 4.79 Å². The van der Waals surface area contributed by atoms with E-state index in [1.807, 2.05) is 6.92 Å². The van der Waals surface area contributed by atoms with Gasteiger partial charge in [-0.1, -0.05) is 49.2 Å². The number of nitrogens with one attached hydrogen (secondary N) is 1. The normalized spacial score (nSPS) is 12.1. The lowest BCUT2D eigenvalue weighted by atomic mass is 10.0. The second kappa shape index (κ2) is 8.27. The van der Waals surface area contributed by atoms with Crippen LogP contribution >= 0.6 is 23.2 Å². The van der Waals surface area contributed by atoms with Gasteiger partial charge in [-0.2, -0.15) is 9.61 Å². The minimum absolute atomic E-state index is 0.0579. The van der Waals surface area contributed by atoms with Gasteiger partial charge in [0.1, 0.15) is 16.5 Å². The summed E-state index contributed by atoms with van der Waals surface area (Å²) in [6, 6.07) is 5.01. The van der Waals surface area contributed by atoms with Crippen LogP contribution in [0.25, 0.3) is 21.6 Å². The van der Waals surface area contributed by atoms with E-state index in [1.165, 1.54) is 17.8 Å². The van der Waals surface area contributed by atoms with Crippen molar-refractivity contribution in [3.63, 3.8) is 0 Å². The van der Waals surface area contributed by atoms with Crippen molar-refractivity contribution in [2.24, 2.45) is 5.92 Å². The number of ether oxygens (including phenoxy) is 1. The molecule has 7 nitrogen and oxygen atoms in total. The smallest absolute Gasteiger partial charge is 0.343 e. The molecular weight excluding hydrogens is 413 g/mol. The molecule has 1 aromatic carbocycles. The fraction of sp³-hybridized carbons (Fsp3) is 0.300. The minimum Gasteiger partial charge on any atom is -0.465 e. The number of carbonyl (C=O) groups is 1. The molecular formula is C20H19Cl2N5O2. The van der Waals surface area contributed by atoms with Gasteiger partial charge in [-0.05, 0) is 18.9 Å². The van der Waals surface area contributed by atoms with Gasteiger partial charge in [-0.25, -0.2) is 14.6 Å². The number of esters is 1. The number of benzene rings is 1. The molecule has 29 heavy (non-hydrogen) atoms. The summed E-state index contributed by atoms with van der Waals surface area (Å²) in [5, 5.41) is 8.27. The lowest BCUT2D eigenvalue weighted by Crippen LogP contribution is -2.24. The third kappa shape index (κ3) is 3.86. The number of anilines is 1. The average molecular weight is 432 g/mol. The molecule has 1 atom stereocenters. The molecule has 150 valence electrons. The SMILES string of the molecule is [C-]#[N+]c1ccc(-c2c(Cl)nc3c(C(=O)OC)cnn3c2N[C@@H](C)C(C)C)c(Cl)c1. The predicted molar refractivity (Wildman–Crippen MR) is 114 cm³/mol. The van der Waals surface area contributed by atoms with Gasteiger partial charge < -0.3 is 10.1 Å². The van der Waals surface area contributed by atoms with Crippen LogP contribution in [0.4, 0.5) is 11.5 Å². The first-order chi connectivity index (χ1) is 13.8. The minimum atomic E-state index is -0.557. The van der Waals surface area contributed by atoms with Crippen LogP contribution in [0.1, 0.15) is 31.1 Å². The summed E-state index contributed by atoms with van der Waals surface area (Å²) in [5.74, 6) is 0.299. The summed E-state index contributed by atoms with van der Waals surface area (Å²) < 4.78 is 6.34. The van der Waals surface area contributed by atoms with Crippen LogP contribution in [0.15, 0.2) is 24.4 Å². The van der Waals surface area contributed by atoms with Gasteiger partial charge in [-0.15, -0.1) is 0 Å². The summed E-state index contributed by atoms with van der Waals surface area (Å²) in [5.41, 5.74) is 2.04. The number of halogens is 2. The van der Waals surface area contributed by atoms with Crippen LogP contribution in [0.2, 0.25) is 10.2 Å². The van der Waals surface area contributed by atoms with Gasteiger partial charge in [0, 0.05) is 16.6 Å². The van der Waals surface area contributed by atoms with E-state index in [-0.39, 0.29) is 22.4 Å². The van der Waals surface area contributed by atoms with E-state index < -0.39 is 5.97 Å². The Bertz CT molecular complexity index is 1130. The van der Waals surface area contributed by atoms with Crippen LogP contribution in [0.5, 0.6) is 0 Å². The van der Waals surface area contributed by atoms with E-state index in [4.69, 9.17) is 34.5 Å². The molecule has 0 radical (unpaired) electrons. The second-order valence-corrected chi connectivity index (χ2v) is 7.63. The van der Waals surface area contributed by atoms with Crippen molar-refractivity contribution in [3.05, 3.63) is 51.6 Å². The first-order valence-corrected chi connectivity index (χ1v) is 9.63. The molecule has 2 aromatic heterocycles. The van der Waals surface area contributed by atoms with Crippen molar-refractivity contribution in [2.45, 2.75) is 26.8 Å². The Balaban J connectivity index is 2.33. The van der Waals surface area contributed by atoms with Crippen molar-refractivity contribution >= 4 is 46.3 Å². The average Bonchev–Trinajstić information content (AvgIpc) is 3.11. The highest BCUT2D eigenvalue weighted by molar-refractivity contribution is 6.36. The lowest BCUT2D eigenvalue weighted by molar-refractivity contribution is 0.0602. The number of fused-ring (bicyclic) bond motifs is 1. The molecule has 0 saturated heterocycles. The summed E-state index contributed by atoms with van der Waals surface area (Å²) in [6.07, 6.45) is 1.39. The molecule has 2 heterocycles. The van der Waals surface area contributed by atoms with E-state index in [0.29, 0.717) is 33.6 Å². The van der Waals surface area contributed by atoms with Gasteiger partial charge in [0.25, 0.3) is 0 Å². The van der Waals surface area contributed by atoms with Crippen LogP contribution in [-0.4, -0.2) is 33.7 Å². The predicted octanol–water partition coefficient (Wildman–Crippen LogP) is 5.50. The van der Waals surface area contributed by atoms with Gasteiger partial charge in [-0.3, -0.25) is 0 Å². The maximum absolute atomic E-state index is 12.1. The maximum Gasteiger partial charge on any atom is 0.343 e. The third-order valence-electron chi connectivity index (χ3n) is 4.72. The number of methoxy groups -OCH3 is 1. The zero-order chi connectivity index (χ0) is 21.3. The van der Waals surface area contributed by atoms with Crippen molar-refractivity contribution < 1.29 is 9.53 Å². The van der Waals surface area contributed by atoms with E-state index in [2.05, 4.69) is 34.1 Å². The standard InChI is InChI=1S/C20H19Cl2N5O2/c1-10(2)11(3)25-19-16(13-7-6-12(23-4)8-15(13)21)17(22)26-18-14(20(28)29-5)9-24-27(18)19/h6-11,25H,1-3,5H3/t11-/m0/s1. The molecule has 3 rings (SSSR count). The molecule has 0 amide bonds. The number of aromatic nitrogens is 3. The van der Waals surface area contributed by atoms with Gasteiger partial charge in [0.2, 0.25) is 0 Å². The monoisotopic (exact) mass is 431 g/mol. The molecule has 1 N–H and O–H groups in total. The zero-order valence-corrected chi connectivity index (χ0v) is 17.8. The number of nitrogens with zero attached hydrogens (tertiary/aromatic N) is 4. The number of hydrogen-bond acceptors (Lipinski definition) is 5. The third-order valence-corrected chi connectivity index (χ3v) is 5.31. The molecule has 0 aliphatic heterocycles. The van der Waals surface area contributed by atoms with Gasteiger partial charge in [0.05, 0.1) is 25.4 Å². The Kier molecular flexibility index (Phi) is 5.96. The zero-order valence-electron chi connectivity index (χ0n) is 16.3. The Labute approximate surface area is 178 Å². The number of carbonyl (C=O) groups excluding carboxylic acids is 1. The number of hydrogen-bond donors (Lipinski definition) is 1. The summed E-state index contributed by atoms with van der Waals surface area (Å²) in [6.45, 7) is 13.4. The van der Waals surface area contributed by atoms with Crippen LogP contribution in [0, 0.1) is 12.5 Å². The second-order valence-electron chi connectivity index (χ2n) is 6.86. The van der Waals surface area contributed by atoms with E-state index in [0.717, 1.165) is 0 Å². The van der Waals surface area contributed by atoms with Crippen molar-refractivity contribution in [1.29, 1.82) is 0 Å². The fourth-order valence-electron chi connectivity index (χ4n) is 2.75. The van der Waals surface area contributed by atoms with Crippen LogP contribution in [-0.2, 0) is 4.74 Å². The first kappa shape index (κ1) is 20.9. The van der Waals surface area contributed by atoms with E-state index >= 15 is 0 Å². The van der Waals surface area contributed by atoms with Crippen molar-refractivity contribution in [3.8, 4) is 11.1 Å². The Morgan fingerprint density at radius 1 is 1.31 bits per heavy atom. The Morgan fingerprint density at radius 3 is 2.62 bits per heavy atom. The molecule has 0 aliphatic rings. The molecule has 0 aliphatic carbocycles. The fourth-order valence-corrected chi connectivity index (χ4v) is 3.29. The molecule has 9 heteroatoms. The highest BCUT2D eigenvalue weighted by atomic mass is 35.5. The maximum atomic E-state index is 12.1. The number of rotatable bonds is 5. The van der Waals surface area contributed by atoms with Crippen LogP contribution < -0.4 is 5.32 Å². The summed E-state index contributed by atoms with van der Waals surface area (Å²) >= 11 is 13.0. The van der Waals surface area contributed by atoms with Crippen LogP contribution in [0.3, 0.4) is 0 Å². The lowest BCUT2D eigenvalue weighted by Gasteiger charge is -2.22. The molecule has 0 saturated carbocycles. The van der Waals surface area contributed by atoms with Gasteiger partial charge in [0.15, 0.2) is 11.3 Å². The molecule has 0 bridgehead atoms. The summed E-state index contributed by atoms with van der Waals surface area (Å²) in [4.78, 5) is 19.9. The van der Waals surface area contributed by atoms with E-state index in [1.54, 1.807) is 18.2 Å². The largest absolute Gasteiger partial charge is 0.465 e. The highest BCUT2D eigenvalue weighted by Crippen LogP contribution is 2.40. The topological polar surface area (TPSA) is 72.9 Å². The molecule has 3 aromatic rings. The van der Waals surface area contributed by atoms with Crippen molar-refractivity contribution in [1.82, 2.24) is 14.6 Å². The molecule has 0 spiro atoms. The van der Waals surface area contributed by atoms with Gasteiger partial charge >= 0.3 is 5.97 Å². The Morgan fingerprint density at radius 2 is 2.03 bits per heavy atom. The van der Waals surface area contributed by atoms with Crippen molar-refractivity contribution in [2.75, 3.05) is 12.4 Å². The molecule has 0 fully saturated rings.